The first kappa shape index (κ1) is 22.4. The molecule has 2 aromatic carbocycles. The van der Waals surface area contributed by atoms with E-state index in [1.54, 1.807) is 18.4 Å². The van der Waals surface area contributed by atoms with Gasteiger partial charge in [0.15, 0.2) is 16.6 Å². The molecule has 0 saturated carbocycles. The van der Waals surface area contributed by atoms with Crippen LogP contribution in [0.4, 0.5) is 5.13 Å². The van der Waals surface area contributed by atoms with E-state index in [9.17, 15) is 4.79 Å². The molecular weight excluding hydrogens is 422 g/mol. The summed E-state index contributed by atoms with van der Waals surface area (Å²) in [6.07, 6.45) is 2.23. The predicted molar refractivity (Wildman–Crippen MR) is 130 cm³/mol. The molecule has 1 aliphatic heterocycles. The summed E-state index contributed by atoms with van der Waals surface area (Å²) in [5.41, 5.74) is 3.48. The van der Waals surface area contributed by atoms with Crippen LogP contribution in [0.5, 0.6) is 11.5 Å². The third kappa shape index (κ3) is 4.99. The normalized spacial score (nSPS) is 14.1. The van der Waals surface area contributed by atoms with Crippen LogP contribution in [-0.4, -0.2) is 55.7 Å². The molecule has 3 aromatic rings. The van der Waals surface area contributed by atoms with Crippen molar-refractivity contribution < 1.29 is 14.3 Å². The first-order chi connectivity index (χ1) is 15.6. The second-order valence-electron chi connectivity index (χ2n) is 7.94. The quantitative estimate of drug-likeness (QED) is 0.501. The molecule has 1 amide bonds. The van der Waals surface area contributed by atoms with E-state index < -0.39 is 0 Å². The highest BCUT2D eigenvalue weighted by atomic mass is 32.1. The van der Waals surface area contributed by atoms with Gasteiger partial charge in [-0.15, -0.1) is 0 Å². The van der Waals surface area contributed by atoms with Crippen LogP contribution in [0.3, 0.4) is 0 Å². The van der Waals surface area contributed by atoms with Crippen LogP contribution >= 0.6 is 11.3 Å². The molecule has 32 heavy (non-hydrogen) atoms. The van der Waals surface area contributed by atoms with Gasteiger partial charge in [-0.25, -0.2) is 4.98 Å². The lowest BCUT2D eigenvalue weighted by molar-refractivity contribution is -0.131. The molecule has 1 aromatic heterocycles. The summed E-state index contributed by atoms with van der Waals surface area (Å²) in [7, 11) is 1.64. The Labute approximate surface area is 193 Å². The van der Waals surface area contributed by atoms with Crippen LogP contribution in [0.25, 0.3) is 10.2 Å². The minimum absolute atomic E-state index is 0.203. The van der Waals surface area contributed by atoms with Gasteiger partial charge in [-0.05, 0) is 55.2 Å². The van der Waals surface area contributed by atoms with Crippen LogP contribution in [0.1, 0.15) is 31.4 Å². The number of nitrogens with zero attached hydrogens (tertiary/aromatic N) is 3. The molecule has 7 heteroatoms. The largest absolute Gasteiger partial charge is 0.493 e. The van der Waals surface area contributed by atoms with Crippen molar-refractivity contribution in [2.24, 2.45) is 0 Å². The lowest BCUT2D eigenvalue weighted by Gasteiger charge is -2.34. The Hall–Kier alpha value is -2.80. The molecule has 1 saturated heterocycles. The third-order valence-corrected chi connectivity index (χ3v) is 6.99. The molecule has 0 atom stereocenters. The second-order valence-corrected chi connectivity index (χ2v) is 8.95. The van der Waals surface area contributed by atoms with E-state index >= 15 is 0 Å². The van der Waals surface area contributed by atoms with Crippen molar-refractivity contribution in [3.8, 4) is 11.5 Å². The first-order valence-corrected chi connectivity index (χ1v) is 12.1. The van der Waals surface area contributed by atoms with Gasteiger partial charge in [-0.3, -0.25) is 4.79 Å². The Morgan fingerprint density at radius 1 is 1.03 bits per heavy atom. The summed E-state index contributed by atoms with van der Waals surface area (Å²) >= 11 is 1.75. The molecule has 1 fully saturated rings. The zero-order valence-electron chi connectivity index (χ0n) is 19.1. The van der Waals surface area contributed by atoms with Gasteiger partial charge in [0.25, 0.3) is 0 Å². The third-order valence-electron chi connectivity index (χ3n) is 5.91. The molecule has 0 unspecified atom stereocenters. The van der Waals surface area contributed by atoms with Gasteiger partial charge in [0.2, 0.25) is 5.91 Å². The van der Waals surface area contributed by atoms with Gasteiger partial charge in [-0.1, -0.05) is 30.4 Å². The van der Waals surface area contributed by atoms with Crippen molar-refractivity contribution in [3.05, 3.63) is 47.5 Å². The number of anilines is 1. The number of hydrogen-bond acceptors (Lipinski definition) is 6. The van der Waals surface area contributed by atoms with Crippen molar-refractivity contribution in [2.75, 3.05) is 44.8 Å². The molecule has 0 radical (unpaired) electrons. The number of piperazine rings is 1. The van der Waals surface area contributed by atoms with Crippen molar-refractivity contribution in [1.82, 2.24) is 9.88 Å². The van der Waals surface area contributed by atoms with Crippen LogP contribution in [0.15, 0.2) is 36.4 Å². The molecule has 0 spiro atoms. The number of ether oxygens (including phenoxy) is 2. The highest BCUT2D eigenvalue weighted by Crippen LogP contribution is 2.31. The van der Waals surface area contributed by atoms with E-state index in [2.05, 4.69) is 30.0 Å². The number of carbonyl (C=O) groups is 1. The van der Waals surface area contributed by atoms with E-state index in [1.165, 1.54) is 10.3 Å². The van der Waals surface area contributed by atoms with Crippen LogP contribution < -0.4 is 14.4 Å². The fourth-order valence-corrected chi connectivity index (χ4v) is 5.09. The van der Waals surface area contributed by atoms with E-state index in [0.29, 0.717) is 25.2 Å². The number of hydrogen-bond donors (Lipinski definition) is 0. The summed E-state index contributed by atoms with van der Waals surface area (Å²) in [6, 6.07) is 12.4. The first-order valence-electron chi connectivity index (χ1n) is 11.3. The Morgan fingerprint density at radius 3 is 2.53 bits per heavy atom. The molecular formula is C25H31N3O3S. The molecule has 170 valence electrons. The van der Waals surface area contributed by atoms with Gasteiger partial charge < -0.3 is 19.3 Å². The second kappa shape index (κ2) is 10.2. The summed E-state index contributed by atoms with van der Waals surface area (Å²) in [5, 5.41) is 1.06. The molecule has 4 rings (SSSR count). The average Bonchev–Trinajstić information content (AvgIpc) is 3.26. The molecule has 6 nitrogen and oxygen atoms in total. The van der Waals surface area contributed by atoms with E-state index in [0.717, 1.165) is 54.6 Å². The van der Waals surface area contributed by atoms with Gasteiger partial charge >= 0.3 is 0 Å². The number of aromatic nitrogens is 1. The van der Waals surface area contributed by atoms with Crippen LogP contribution in [0, 0.1) is 0 Å². The summed E-state index contributed by atoms with van der Waals surface area (Å²) in [4.78, 5) is 21.9. The number of rotatable bonds is 8. The Balaban J connectivity index is 1.31. The summed E-state index contributed by atoms with van der Waals surface area (Å²) < 4.78 is 12.2. The van der Waals surface area contributed by atoms with E-state index in [-0.39, 0.29) is 5.91 Å². The van der Waals surface area contributed by atoms with Gasteiger partial charge in [-0.2, -0.15) is 0 Å². The summed E-state index contributed by atoms with van der Waals surface area (Å²) in [6.45, 7) is 7.84. The fourth-order valence-electron chi connectivity index (χ4n) is 4.01. The average molecular weight is 454 g/mol. The SMILES string of the molecule is CCOc1ccc(CCC(=O)N2CCN(c3nc4ccc(CC)cc4s3)CC2)cc1OC. The zero-order valence-corrected chi connectivity index (χ0v) is 19.9. The van der Waals surface area contributed by atoms with Crippen molar-refractivity contribution in [3.63, 3.8) is 0 Å². The van der Waals surface area contributed by atoms with Gasteiger partial charge in [0, 0.05) is 32.6 Å². The molecule has 0 N–H and O–H groups in total. The van der Waals surface area contributed by atoms with Crippen molar-refractivity contribution in [1.29, 1.82) is 0 Å². The fraction of sp³-hybridized carbons (Fsp3) is 0.440. The number of carbonyl (C=O) groups excluding carboxylic acids is 1. The smallest absolute Gasteiger partial charge is 0.223 e. The highest BCUT2D eigenvalue weighted by molar-refractivity contribution is 7.22. The molecule has 0 bridgehead atoms. The standard InChI is InChI=1S/C25H31N3O3S/c1-4-18-6-9-20-23(17-18)32-25(26-20)28-14-12-27(13-15-28)24(29)11-8-19-7-10-21(31-5-2)22(16-19)30-3/h6-7,9-10,16-17H,4-5,8,11-15H2,1-3H3. The number of thiazole rings is 1. The minimum atomic E-state index is 0.203. The topological polar surface area (TPSA) is 54.9 Å². The number of aryl methyl sites for hydroxylation is 2. The maximum absolute atomic E-state index is 12.8. The molecule has 0 aliphatic carbocycles. The minimum Gasteiger partial charge on any atom is -0.493 e. The van der Waals surface area contributed by atoms with Crippen molar-refractivity contribution >= 4 is 32.6 Å². The monoisotopic (exact) mass is 453 g/mol. The van der Waals surface area contributed by atoms with E-state index in [1.807, 2.05) is 30.0 Å². The maximum Gasteiger partial charge on any atom is 0.223 e. The Kier molecular flexibility index (Phi) is 7.15. The Bertz CT molecular complexity index is 1070. The van der Waals surface area contributed by atoms with Crippen LogP contribution in [-0.2, 0) is 17.6 Å². The lowest BCUT2D eigenvalue weighted by atomic mass is 10.1. The predicted octanol–water partition coefficient (Wildman–Crippen LogP) is 4.55. The highest BCUT2D eigenvalue weighted by Gasteiger charge is 2.23. The lowest BCUT2D eigenvalue weighted by Crippen LogP contribution is -2.48. The van der Waals surface area contributed by atoms with Gasteiger partial charge in [0.1, 0.15) is 0 Å². The number of benzene rings is 2. The Morgan fingerprint density at radius 2 is 1.81 bits per heavy atom. The number of amides is 1. The van der Waals surface area contributed by atoms with Gasteiger partial charge in [0.05, 0.1) is 23.9 Å². The zero-order chi connectivity index (χ0) is 22.5. The van der Waals surface area contributed by atoms with Crippen LogP contribution in [0.2, 0.25) is 0 Å². The molecule has 2 heterocycles. The molecule has 1 aliphatic rings. The maximum atomic E-state index is 12.8. The van der Waals surface area contributed by atoms with Crippen molar-refractivity contribution in [2.45, 2.75) is 33.1 Å². The number of methoxy groups -OCH3 is 1. The number of fused-ring (bicyclic) bond motifs is 1. The summed E-state index contributed by atoms with van der Waals surface area (Å²) in [5.74, 6) is 1.66. The van der Waals surface area contributed by atoms with E-state index in [4.69, 9.17) is 14.5 Å².